The molecule has 0 radical (unpaired) electrons. The highest BCUT2D eigenvalue weighted by atomic mass is 32.1. The normalized spacial score (nSPS) is 26.4. The lowest BCUT2D eigenvalue weighted by Crippen LogP contribution is -2.34. The van der Waals surface area contributed by atoms with Crippen molar-refractivity contribution in [1.82, 2.24) is 0 Å². The van der Waals surface area contributed by atoms with Gasteiger partial charge in [-0.1, -0.05) is 33.1 Å². The van der Waals surface area contributed by atoms with Crippen LogP contribution >= 0.6 is 11.3 Å². The smallest absolute Gasteiger partial charge is 0.107 e. The second kappa shape index (κ2) is 7.58. The molecular formula is C17H29NOS. The maximum absolute atomic E-state index is 6.49. The van der Waals surface area contributed by atoms with Crippen molar-refractivity contribution in [3.05, 3.63) is 21.9 Å². The standard InChI is InChI=1S/C17H29NOS/c1-4-13-7-6-8-14(11-13)19-16(15(18)5-2)17-12(3)9-10-20-17/h9-10,13-16H,4-8,11,18H2,1-3H3. The van der Waals surface area contributed by atoms with E-state index in [0.29, 0.717) is 6.10 Å². The minimum atomic E-state index is 0.0839. The lowest BCUT2D eigenvalue weighted by Gasteiger charge is -2.33. The van der Waals surface area contributed by atoms with Crippen LogP contribution in [0, 0.1) is 12.8 Å². The highest BCUT2D eigenvalue weighted by molar-refractivity contribution is 7.10. The third-order valence-electron chi connectivity index (χ3n) is 4.67. The van der Waals surface area contributed by atoms with Gasteiger partial charge >= 0.3 is 0 Å². The summed E-state index contributed by atoms with van der Waals surface area (Å²) in [6.07, 6.45) is 7.83. The molecule has 3 heteroatoms. The van der Waals surface area contributed by atoms with Gasteiger partial charge in [-0.3, -0.25) is 0 Å². The maximum Gasteiger partial charge on any atom is 0.107 e. The van der Waals surface area contributed by atoms with E-state index in [9.17, 15) is 0 Å². The summed E-state index contributed by atoms with van der Waals surface area (Å²) in [5, 5.41) is 2.15. The van der Waals surface area contributed by atoms with Crippen LogP contribution in [-0.2, 0) is 4.74 Å². The Kier molecular flexibility index (Phi) is 6.06. The molecule has 1 saturated carbocycles. The highest BCUT2D eigenvalue weighted by Gasteiger charge is 2.28. The third kappa shape index (κ3) is 3.84. The molecule has 1 fully saturated rings. The zero-order valence-corrected chi connectivity index (χ0v) is 13.9. The summed E-state index contributed by atoms with van der Waals surface area (Å²) in [5.41, 5.74) is 7.67. The van der Waals surface area contributed by atoms with Crippen LogP contribution in [-0.4, -0.2) is 12.1 Å². The first-order valence-electron chi connectivity index (χ1n) is 8.10. The first-order valence-corrected chi connectivity index (χ1v) is 8.98. The summed E-state index contributed by atoms with van der Waals surface area (Å²) in [5.74, 6) is 0.844. The first-order chi connectivity index (χ1) is 9.65. The molecule has 114 valence electrons. The number of thiophene rings is 1. The van der Waals surface area contributed by atoms with Crippen molar-refractivity contribution in [3.8, 4) is 0 Å². The predicted molar refractivity (Wildman–Crippen MR) is 87.2 cm³/mol. The van der Waals surface area contributed by atoms with E-state index in [1.54, 1.807) is 11.3 Å². The molecule has 1 aromatic rings. The monoisotopic (exact) mass is 295 g/mol. The van der Waals surface area contributed by atoms with Crippen molar-refractivity contribution >= 4 is 11.3 Å². The van der Waals surface area contributed by atoms with E-state index >= 15 is 0 Å². The Morgan fingerprint density at radius 1 is 1.40 bits per heavy atom. The van der Waals surface area contributed by atoms with Gasteiger partial charge in [-0.15, -0.1) is 11.3 Å². The van der Waals surface area contributed by atoms with Crippen molar-refractivity contribution in [1.29, 1.82) is 0 Å². The van der Waals surface area contributed by atoms with E-state index in [2.05, 4.69) is 32.2 Å². The van der Waals surface area contributed by atoms with Crippen LogP contribution in [0.4, 0.5) is 0 Å². The van der Waals surface area contributed by atoms with Crippen molar-refractivity contribution < 1.29 is 4.74 Å². The molecule has 2 N–H and O–H groups in total. The molecule has 0 aliphatic heterocycles. The molecule has 1 aromatic heterocycles. The van der Waals surface area contributed by atoms with Gasteiger partial charge in [0.2, 0.25) is 0 Å². The Morgan fingerprint density at radius 3 is 2.80 bits per heavy atom. The summed E-state index contributed by atoms with van der Waals surface area (Å²) < 4.78 is 6.49. The number of nitrogens with two attached hydrogens (primary N) is 1. The van der Waals surface area contributed by atoms with Gasteiger partial charge in [-0.2, -0.15) is 0 Å². The van der Waals surface area contributed by atoms with Crippen LogP contribution in [0.25, 0.3) is 0 Å². The average molecular weight is 295 g/mol. The predicted octanol–water partition coefficient (Wildman–Crippen LogP) is 4.82. The Bertz CT molecular complexity index is 403. The summed E-state index contributed by atoms with van der Waals surface area (Å²) >= 11 is 1.79. The Hall–Kier alpha value is -0.380. The van der Waals surface area contributed by atoms with Crippen LogP contribution in [0.5, 0.6) is 0 Å². The third-order valence-corrected chi connectivity index (χ3v) is 5.75. The molecule has 0 saturated heterocycles. The zero-order chi connectivity index (χ0) is 14.5. The zero-order valence-electron chi connectivity index (χ0n) is 13.1. The van der Waals surface area contributed by atoms with Crippen LogP contribution in [0.1, 0.15) is 68.9 Å². The number of hydrogen-bond acceptors (Lipinski definition) is 3. The number of ether oxygens (including phenoxy) is 1. The van der Waals surface area contributed by atoms with Gasteiger partial charge in [0.05, 0.1) is 6.10 Å². The van der Waals surface area contributed by atoms with E-state index in [-0.39, 0.29) is 12.1 Å². The van der Waals surface area contributed by atoms with Gasteiger partial charge < -0.3 is 10.5 Å². The van der Waals surface area contributed by atoms with Crippen molar-refractivity contribution in [2.75, 3.05) is 0 Å². The summed E-state index contributed by atoms with van der Waals surface area (Å²) in [6.45, 7) is 6.62. The molecule has 0 spiro atoms. The van der Waals surface area contributed by atoms with Crippen molar-refractivity contribution in [2.24, 2.45) is 11.7 Å². The lowest BCUT2D eigenvalue weighted by atomic mass is 9.85. The molecule has 2 rings (SSSR count). The van der Waals surface area contributed by atoms with Gasteiger partial charge in [0.25, 0.3) is 0 Å². The van der Waals surface area contributed by atoms with Crippen molar-refractivity contribution in [2.45, 2.75) is 77.5 Å². The second-order valence-corrected chi connectivity index (χ2v) is 7.11. The Morgan fingerprint density at radius 2 is 2.20 bits per heavy atom. The van der Waals surface area contributed by atoms with Crippen LogP contribution in [0.3, 0.4) is 0 Å². The van der Waals surface area contributed by atoms with Gasteiger partial charge in [0.15, 0.2) is 0 Å². The van der Waals surface area contributed by atoms with Crippen LogP contribution in [0.15, 0.2) is 11.4 Å². The molecule has 0 aromatic carbocycles. The largest absolute Gasteiger partial charge is 0.368 e. The highest BCUT2D eigenvalue weighted by Crippen LogP contribution is 2.35. The molecule has 0 bridgehead atoms. The first kappa shape index (κ1) is 16.0. The maximum atomic E-state index is 6.49. The van der Waals surface area contributed by atoms with Gasteiger partial charge in [0, 0.05) is 10.9 Å². The average Bonchev–Trinajstić information content (AvgIpc) is 2.90. The molecule has 1 aliphatic rings. The number of hydrogen-bond donors (Lipinski definition) is 1. The molecule has 1 heterocycles. The fourth-order valence-corrected chi connectivity index (χ4v) is 4.23. The summed E-state index contributed by atoms with van der Waals surface area (Å²) in [4.78, 5) is 1.33. The molecule has 1 aliphatic carbocycles. The fourth-order valence-electron chi connectivity index (χ4n) is 3.19. The SMILES string of the molecule is CCC1CCCC(OC(c2sccc2C)C(N)CC)C1. The second-order valence-electron chi connectivity index (χ2n) is 6.16. The van der Waals surface area contributed by atoms with Crippen LogP contribution < -0.4 is 5.73 Å². The van der Waals surface area contributed by atoms with E-state index in [1.165, 1.54) is 42.5 Å². The Labute approximate surface area is 127 Å². The van der Waals surface area contributed by atoms with E-state index in [1.807, 2.05) is 0 Å². The van der Waals surface area contributed by atoms with Gasteiger partial charge in [0.1, 0.15) is 6.10 Å². The van der Waals surface area contributed by atoms with E-state index in [4.69, 9.17) is 10.5 Å². The quantitative estimate of drug-likeness (QED) is 0.816. The molecule has 2 nitrogen and oxygen atoms in total. The molecule has 4 atom stereocenters. The van der Waals surface area contributed by atoms with Gasteiger partial charge in [-0.25, -0.2) is 0 Å². The fraction of sp³-hybridized carbons (Fsp3) is 0.765. The Balaban J connectivity index is 2.06. The molecule has 0 amide bonds. The summed E-state index contributed by atoms with van der Waals surface area (Å²) in [6, 6.07) is 2.28. The minimum Gasteiger partial charge on any atom is -0.368 e. The molecule has 20 heavy (non-hydrogen) atoms. The van der Waals surface area contributed by atoms with Crippen molar-refractivity contribution in [3.63, 3.8) is 0 Å². The van der Waals surface area contributed by atoms with Crippen LogP contribution in [0.2, 0.25) is 0 Å². The molecular weight excluding hydrogens is 266 g/mol. The van der Waals surface area contributed by atoms with Gasteiger partial charge in [-0.05, 0) is 49.1 Å². The topological polar surface area (TPSA) is 35.2 Å². The number of rotatable bonds is 6. The summed E-state index contributed by atoms with van der Waals surface area (Å²) in [7, 11) is 0. The molecule has 4 unspecified atom stereocenters. The van der Waals surface area contributed by atoms with E-state index < -0.39 is 0 Å². The van der Waals surface area contributed by atoms with E-state index in [0.717, 1.165) is 12.3 Å². The minimum absolute atomic E-state index is 0.0839. The lowest BCUT2D eigenvalue weighted by molar-refractivity contribution is -0.0522. The number of aryl methyl sites for hydroxylation is 1.